The second kappa shape index (κ2) is 7.93. The number of methoxy groups -OCH3 is 1. The molecule has 1 saturated heterocycles. The highest BCUT2D eigenvalue weighted by molar-refractivity contribution is 5.44. The van der Waals surface area contributed by atoms with Crippen molar-refractivity contribution in [2.45, 2.75) is 51.7 Å². The molecule has 2 atom stereocenters. The third-order valence-electron chi connectivity index (χ3n) is 6.41. The Morgan fingerprint density at radius 1 is 1.04 bits per heavy atom. The zero-order valence-electron chi connectivity index (χ0n) is 16.8. The van der Waals surface area contributed by atoms with Gasteiger partial charge in [0.15, 0.2) is 11.5 Å². The summed E-state index contributed by atoms with van der Waals surface area (Å²) in [5, 5.41) is 0. The standard InChI is InChI=1S/C24H31NO2/c1-4-18-11-13-25(14-12-18)21-16-19-7-5-6-8-20(19)24(21)27-23-15-17(2)9-10-22(23)26-3/h5-10,15,18,21,24H,4,11-14,16H2,1-3H3. The fourth-order valence-corrected chi connectivity index (χ4v) is 4.71. The molecule has 0 N–H and O–H groups in total. The van der Waals surface area contributed by atoms with Crippen molar-refractivity contribution in [3.63, 3.8) is 0 Å². The molecule has 3 heteroatoms. The minimum atomic E-state index is 0.0649. The van der Waals surface area contributed by atoms with E-state index in [0.717, 1.165) is 23.8 Å². The van der Waals surface area contributed by atoms with Crippen LogP contribution in [-0.4, -0.2) is 31.1 Å². The Balaban J connectivity index is 1.62. The van der Waals surface area contributed by atoms with Crippen molar-refractivity contribution >= 4 is 0 Å². The van der Waals surface area contributed by atoms with E-state index in [4.69, 9.17) is 9.47 Å². The predicted octanol–water partition coefficient (Wildman–Crippen LogP) is 5.17. The Hall–Kier alpha value is -2.00. The number of aryl methyl sites for hydroxylation is 1. The molecule has 1 aliphatic heterocycles. The van der Waals surface area contributed by atoms with Crippen LogP contribution >= 0.6 is 0 Å². The van der Waals surface area contributed by atoms with Crippen LogP contribution in [0.5, 0.6) is 11.5 Å². The maximum atomic E-state index is 6.66. The highest BCUT2D eigenvalue weighted by Crippen LogP contribution is 2.41. The average Bonchev–Trinajstić information content (AvgIpc) is 3.07. The van der Waals surface area contributed by atoms with Gasteiger partial charge in [-0.2, -0.15) is 0 Å². The van der Waals surface area contributed by atoms with E-state index in [1.54, 1.807) is 7.11 Å². The monoisotopic (exact) mass is 365 g/mol. The molecule has 144 valence electrons. The predicted molar refractivity (Wildman–Crippen MR) is 110 cm³/mol. The molecule has 2 aliphatic rings. The molecule has 0 radical (unpaired) electrons. The van der Waals surface area contributed by atoms with E-state index in [-0.39, 0.29) is 6.10 Å². The SMILES string of the molecule is CCC1CCN(C2Cc3ccccc3C2Oc2cc(C)ccc2OC)CC1. The molecule has 4 rings (SSSR count). The Morgan fingerprint density at radius 3 is 2.56 bits per heavy atom. The van der Waals surface area contributed by atoms with Gasteiger partial charge in [-0.05, 0) is 74.0 Å². The summed E-state index contributed by atoms with van der Waals surface area (Å²) in [7, 11) is 1.72. The lowest BCUT2D eigenvalue weighted by atomic mass is 9.93. The summed E-state index contributed by atoms with van der Waals surface area (Å²) in [4.78, 5) is 2.67. The quantitative estimate of drug-likeness (QED) is 0.729. The number of hydrogen-bond acceptors (Lipinski definition) is 3. The van der Waals surface area contributed by atoms with Gasteiger partial charge in [0.2, 0.25) is 0 Å². The van der Waals surface area contributed by atoms with E-state index >= 15 is 0 Å². The molecule has 1 fully saturated rings. The van der Waals surface area contributed by atoms with Gasteiger partial charge >= 0.3 is 0 Å². The van der Waals surface area contributed by atoms with E-state index in [1.807, 2.05) is 6.07 Å². The van der Waals surface area contributed by atoms with Crippen molar-refractivity contribution in [2.24, 2.45) is 5.92 Å². The van der Waals surface area contributed by atoms with Crippen molar-refractivity contribution in [1.82, 2.24) is 4.90 Å². The Labute approximate surface area is 163 Å². The lowest BCUT2D eigenvalue weighted by molar-refractivity contribution is 0.0509. The molecule has 0 saturated carbocycles. The molecule has 3 nitrogen and oxygen atoms in total. The van der Waals surface area contributed by atoms with Crippen LogP contribution in [0.15, 0.2) is 42.5 Å². The summed E-state index contributed by atoms with van der Waals surface area (Å²) < 4.78 is 12.2. The number of hydrogen-bond donors (Lipinski definition) is 0. The van der Waals surface area contributed by atoms with Crippen molar-refractivity contribution in [1.29, 1.82) is 0 Å². The highest BCUT2D eigenvalue weighted by atomic mass is 16.5. The van der Waals surface area contributed by atoms with Crippen molar-refractivity contribution < 1.29 is 9.47 Å². The van der Waals surface area contributed by atoms with Crippen LogP contribution in [0, 0.1) is 12.8 Å². The van der Waals surface area contributed by atoms with Crippen LogP contribution in [0.2, 0.25) is 0 Å². The second-order valence-electron chi connectivity index (χ2n) is 8.05. The van der Waals surface area contributed by atoms with Gasteiger partial charge in [-0.3, -0.25) is 4.90 Å². The Morgan fingerprint density at radius 2 is 1.81 bits per heavy atom. The van der Waals surface area contributed by atoms with Gasteiger partial charge in [0, 0.05) is 0 Å². The smallest absolute Gasteiger partial charge is 0.162 e. The fraction of sp³-hybridized carbons (Fsp3) is 0.500. The summed E-state index contributed by atoms with van der Waals surface area (Å²) >= 11 is 0. The summed E-state index contributed by atoms with van der Waals surface area (Å²) in [5.41, 5.74) is 3.96. The Kier molecular flexibility index (Phi) is 5.40. The zero-order chi connectivity index (χ0) is 18.8. The third kappa shape index (κ3) is 3.70. The highest BCUT2D eigenvalue weighted by Gasteiger charge is 2.39. The van der Waals surface area contributed by atoms with Gasteiger partial charge in [0.05, 0.1) is 13.2 Å². The van der Waals surface area contributed by atoms with Gasteiger partial charge in [-0.25, -0.2) is 0 Å². The Bertz CT molecular complexity index is 780. The molecule has 0 aromatic heterocycles. The summed E-state index contributed by atoms with van der Waals surface area (Å²) in [6, 6.07) is 15.4. The first kappa shape index (κ1) is 18.4. The number of piperidine rings is 1. The third-order valence-corrected chi connectivity index (χ3v) is 6.41. The van der Waals surface area contributed by atoms with E-state index in [1.165, 1.54) is 49.0 Å². The lowest BCUT2D eigenvalue weighted by Crippen LogP contribution is -2.44. The maximum absolute atomic E-state index is 6.66. The average molecular weight is 366 g/mol. The molecule has 0 amide bonds. The van der Waals surface area contributed by atoms with Gasteiger partial charge in [0.1, 0.15) is 6.10 Å². The van der Waals surface area contributed by atoms with Crippen LogP contribution < -0.4 is 9.47 Å². The molecule has 2 aromatic carbocycles. The molecule has 2 aromatic rings. The van der Waals surface area contributed by atoms with E-state index in [0.29, 0.717) is 6.04 Å². The number of rotatable bonds is 5. The van der Waals surface area contributed by atoms with Gasteiger partial charge in [-0.15, -0.1) is 0 Å². The van der Waals surface area contributed by atoms with Gasteiger partial charge < -0.3 is 9.47 Å². The number of benzene rings is 2. The van der Waals surface area contributed by atoms with Crippen LogP contribution in [0.3, 0.4) is 0 Å². The van der Waals surface area contributed by atoms with Gasteiger partial charge in [-0.1, -0.05) is 43.7 Å². The van der Waals surface area contributed by atoms with Crippen molar-refractivity contribution in [2.75, 3.05) is 20.2 Å². The van der Waals surface area contributed by atoms with Crippen molar-refractivity contribution in [3.8, 4) is 11.5 Å². The zero-order valence-corrected chi connectivity index (χ0v) is 16.8. The first-order valence-electron chi connectivity index (χ1n) is 10.3. The number of likely N-dealkylation sites (tertiary alicyclic amines) is 1. The summed E-state index contributed by atoms with van der Waals surface area (Å²) in [6.07, 6.45) is 5.06. The van der Waals surface area contributed by atoms with Crippen LogP contribution in [-0.2, 0) is 6.42 Å². The largest absolute Gasteiger partial charge is 0.493 e. The molecule has 0 spiro atoms. The molecular weight excluding hydrogens is 334 g/mol. The second-order valence-corrected chi connectivity index (χ2v) is 8.05. The molecule has 1 heterocycles. The lowest BCUT2D eigenvalue weighted by Gasteiger charge is -2.38. The maximum Gasteiger partial charge on any atom is 0.162 e. The first-order chi connectivity index (χ1) is 13.2. The number of nitrogens with zero attached hydrogens (tertiary/aromatic N) is 1. The topological polar surface area (TPSA) is 21.7 Å². The molecule has 27 heavy (non-hydrogen) atoms. The first-order valence-corrected chi connectivity index (χ1v) is 10.3. The van der Waals surface area contributed by atoms with Gasteiger partial charge in [0.25, 0.3) is 0 Å². The van der Waals surface area contributed by atoms with Crippen molar-refractivity contribution in [3.05, 3.63) is 59.2 Å². The summed E-state index contributed by atoms with van der Waals surface area (Å²) in [6.45, 7) is 6.79. The number of fused-ring (bicyclic) bond motifs is 1. The van der Waals surface area contributed by atoms with E-state index < -0.39 is 0 Å². The molecular formula is C24H31NO2. The van der Waals surface area contributed by atoms with E-state index in [2.05, 4.69) is 55.1 Å². The van der Waals surface area contributed by atoms with Crippen LogP contribution in [0.4, 0.5) is 0 Å². The number of ether oxygens (including phenoxy) is 2. The minimum Gasteiger partial charge on any atom is -0.493 e. The normalized spacial score (nSPS) is 23.2. The molecule has 2 unspecified atom stereocenters. The van der Waals surface area contributed by atoms with Crippen LogP contribution in [0.1, 0.15) is 49.0 Å². The molecule has 1 aliphatic carbocycles. The van der Waals surface area contributed by atoms with Crippen LogP contribution in [0.25, 0.3) is 0 Å². The minimum absolute atomic E-state index is 0.0649. The summed E-state index contributed by atoms with van der Waals surface area (Å²) in [5.74, 6) is 2.56. The van der Waals surface area contributed by atoms with E-state index in [9.17, 15) is 0 Å². The fourth-order valence-electron chi connectivity index (χ4n) is 4.71. The molecule has 0 bridgehead atoms.